The first-order chi connectivity index (χ1) is 15.4. The second-order valence-electron chi connectivity index (χ2n) is 7.88. The van der Waals surface area contributed by atoms with E-state index in [1.807, 2.05) is 23.1 Å². The lowest BCUT2D eigenvalue weighted by Crippen LogP contribution is -2.48. The normalized spacial score (nSPS) is 14.1. The Morgan fingerprint density at radius 2 is 1.84 bits per heavy atom. The standard InChI is InChI=1S/C23H24ClN5O3/c1-16(30)27-8-10-28(11-9-27)19-5-7-22-21(12-19)23(32)29(15-26-22)14-20(31)6-4-18-3-2-17(24)13-25-18/h2-3,5,7,12-13,15H,4,6,8-11,14H2,1H3. The van der Waals surface area contributed by atoms with Gasteiger partial charge in [0.25, 0.3) is 5.56 Å². The molecule has 0 aliphatic carbocycles. The van der Waals surface area contributed by atoms with Crippen LogP contribution in [0, 0.1) is 0 Å². The Balaban J connectivity index is 1.46. The van der Waals surface area contributed by atoms with Gasteiger partial charge in [0.05, 0.1) is 28.8 Å². The minimum Gasteiger partial charge on any atom is -0.368 e. The lowest BCUT2D eigenvalue weighted by atomic mass is 10.1. The van der Waals surface area contributed by atoms with Gasteiger partial charge in [-0.1, -0.05) is 11.6 Å². The van der Waals surface area contributed by atoms with Gasteiger partial charge >= 0.3 is 0 Å². The molecule has 4 rings (SSSR count). The molecule has 1 fully saturated rings. The van der Waals surface area contributed by atoms with Gasteiger partial charge in [0.15, 0.2) is 5.78 Å². The molecule has 9 heteroatoms. The fraction of sp³-hybridized carbons (Fsp3) is 0.348. The maximum Gasteiger partial charge on any atom is 0.261 e. The number of amides is 1. The van der Waals surface area contributed by atoms with Crippen molar-refractivity contribution in [3.05, 3.63) is 63.9 Å². The van der Waals surface area contributed by atoms with Crippen molar-refractivity contribution in [2.75, 3.05) is 31.1 Å². The number of Topliss-reactive ketones (excluding diaryl/α,β-unsaturated/α-hetero) is 1. The van der Waals surface area contributed by atoms with Crippen LogP contribution in [0.3, 0.4) is 0 Å². The molecule has 3 heterocycles. The highest BCUT2D eigenvalue weighted by atomic mass is 35.5. The molecule has 0 spiro atoms. The number of piperazine rings is 1. The molecule has 1 saturated heterocycles. The average molecular weight is 454 g/mol. The smallest absolute Gasteiger partial charge is 0.261 e. The number of aryl methyl sites for hydroxylation is 1. The fourth-order valence-electron chi connectivity index (χ4n) is 3.83. The molecular weight excluding hydrogens is 430 g/mol. The molecule has 1 amide bonds. The number of carbonyl (C=O) groups excluding carboxylic acids is 2. The van der Waals surface area contributed by atoms with Crippen LogP contribution in [0.25, 0.3) is 10.9 Å². The lowest BCUT2D eigenvalue weighted by molar-refractivity contribution is -0.129. The molecule has 0 bridgehead atoms. The zero-order valence-corrected chi connectivity index (χ0v) is 18.6. The third-order valence-corrected chi connectivity index (χ3v) is 5.92. The summed E-state index contributed by atoms with van der Waals surface area (Å²) in [5.41, 5.74) is 2.05. The molecule has 0 radical (unpaired) electrons. The molecule has 2 aromatic heterocycles. The van der Waals surface area contributed by atoms with Crippen LogP contribution in [0.5, 0.6) is 0 Å². The van der Waals surface area contributed by atoms with Gasteiger partial charge in [-0.05, 0) is 36.8 Å². The van der Waals surface area contributed by atoms with Gasteiger partial charge in [-0.3, -0.25) is 23.9 Å². The molecule has 0 atom stereocenters. The Morgan fingerprint density at radius 3 is 2.53 bits per heavy atom. The number of nitrogens with zero attached hydrogens (tertiary/aromatic N) is 5. The van der Waals surface area contributed by atoms with Crippen LogP contribution in [-0.4, -0.2) is 57.3 Å². The number of rotatable bonds is 6. The number of hydrogen-bond acceptors (Lipinski definition) is 6. The van der Waals surface area contributed by atoms with Crippen molar-refractivity contribution >= 4 is 39.9 Å². The molecular formula is C23H24ClN5O3. The molecule has 8 nitrogen and oxygen atoms in total. The Labute approximate surface area is 190 Å². The summed E-state index contributed by atoms with van der Waals surface area (Å²) < 4.78 is 1.36. The van der Waals surface area contributed by atoms with Gasteiger partial charge in [-0.2, -0.15) is 0 Å². The molecule has 32 heavy (non-hydrogen) atoms. The number of fused-ring (bicyclic) bond motifs is 1. The van der Waals surface area contributed by atoms with Crippen LogP contribution < -0.4 is 10.5 Å². The van der Waals surface area contributed by atoms with E-state index < -0.39 is 0 Å². The summed E-state index contributed by atoms with van der Waals surface area (Å²) in [4.78, 5) is 49.5. The molecule has 1 aliphatic rings. The third-order valence-electron chi connectivity index (χ3n) is 5.69. The summed E-state index contributed by atoms with van der Waals surface area (Å²) in [6.07, 6.45) is 3.74. The Hall–Kier alpha value is -3.26. The molecule has 1 aliphatic heterocycles. The zero-order valence-electron chi connectivity index (χ0n) is 17.8. The van der Waals surface area contributed by atoms with Crippen molar-refractivity contribution in [1.29, 1.82) is 0 Å². The zero-order chi connectivity index (χ0) is 22.7. The van der Waals surface area contributed by atoms with E-state index in [0.29, 0.717) is 48.5 Å². The Bertz CT molecular complexity index is 1200. The third kappa shape index (κ3) is 4.96. The number of benzene rings is 1. The van der Waals surface area contributed by atoms with Gasteiger partial charge in [-0.25, -0.2) is 4.98 Å². The molecule has 0 N–H and O–H groups in total. The van der Waals surface area contributed by atoms with Gasteiger partial charge in [0.2, 0.25) is 5.91 Å². The van der Waals surface area contributed by atoms with Crippen molar-refractivity contribution in [3.8, 4) is 0 Å². The predicted molar refractivity (Wildman–Crippen MR) is 123 cm³/mol. The first-order valence-electron chi connectivity index (χ1n) is 10.5. The van der Waals surface area contributed by atoms with Crippen LogP contribution in [0.2, 0.25) is 5.02 Å². The van der Waals surface area contributed by atoms with Crippen LogP contribution in [-0.2, 0) is 22.6 Å². The molecule has 0 unspecified atom stereocenters. The summed E-state index contributed by atoms with van der Waals surface area (Å²) in [6.45, 7) is 4.26. The van der Waals surface area contributed by atoms with Gasteiger partial charge in [0, 0.05) is 57.1 Å². The quantitative estimate of drug-likeness (QED) is 0.569. The Kier molecular flexibility index (Phi) is 6.50. The number of hydrogen-bond donors (Lipinski definition) is 0. The van der Waals surface area contributed by atoms with E-state index in [-0.39, 0.29) is 30.2 Å². The first-order valence-corrected chi connectivity index (χ1v) is 10.9. The molecule has 3 aromatic rings. The van der Waals surface area contributed by atoms with Crippen molar-refractivity contribution < 1.29 is 9.59 Å². The number of ketones is 1. The van der Waals surface area contributed by atoms with Crippen LogP contribution in [0.4, 0.5) is 5.69 Å². The fourth-order valence-corrected chi connectivity index (χ4v) is 3.94. The topological polar surface area (TPSA) is 88.4 Å². The highest BCUT2D eigenvalue weighted by Crippen LogP contribution is 2.20. The predicted octanol–water partition coefficient (Wildman–Crippen LogP) is 2.32. The minimum absolute atomic E-state index is 0.0309. The summed E-state index contributed by atoms with van der Waals surface area (Å²) in [5.74, 6) is 0.00766. The largest absolute Gasteiger partial charge is 0.368 e. The van der Waals surface area contributed by atoms with E-state index >= 15 is 0 Å². The van der Waals surface area contributed by atoms with Gasteiger partial charge < -0.3 is 9.80 Å². The van der Waals surface area contributed by atoms with Crippen LogP contribution in [0.1, 0.15) is 19.0 Å². The first kappa shape index (κ1) is 22.0. The maximum atomic E-state index is 13.0. The number of carbonyl (C=O) groups is 2. The van der Waals surface area contributed by atoms with Gasteiger partial charge in [0.1, 0.15) is 0 Å². The lowest BCUT2D eigenvalue weighted by Gasteiger charge is -2.35. The number of aromatic nitrogens is 3. The summed E-state index contributed by atoms with van der Waals surface area (Å²) in [7, 11) is 0. The summed E-state index contributed by atoms with van der Waals surface area (Å²) >= 11 is 5.83. The van der Waals surface area contributed by atoms with E-state index in [1.54, 1.807) is 25.3 Å². The summed E-state index contributed by atoms with van der Waals surface area (Å²) in [6, 6.07) is 9.11. The molecule has 0 saturated carbocycles. The van der Waals surface area contributed by atoms with E-state index in [9.17, 15) is 14.4 Å². The number of halogens is 1. The van der Waals surface area contributed by atoms with Crippen molar-refractivity contribution in [1.82, 2.24) is 19.4 Å². The van der Waals surface area contributed by atoms with E-state index in [2.05, 4.69) is 14.9 Å². The maximum absolute atomic E-state index is 13.0. The van der Waals surface area contributed by atoms with E-state index in [1.165, 1.54) is 10.9 Å². The average Bonchev–Trinajstić information content (AvgIpc) is 2.80. The highest BCUT2D eigenvalue weighted by Gasteiger charge is 2.19. The highest BCUT2D eigenvalue weighted by molar-refractivity contribution is 6.30. The number of anilines is 1. The monoisotopic (exact) mass is 453 g/mol. The van der Waals surface area contributed by atoms with E-state index in [0.717, 1.165) is 11.4 Å². The van der Waals surface area contributed by atoms with Crippen LogP contribution >= 0.6 is 11.6 Å². The summed E-state index contributed by atoms with van der Waals surface area (Å²) in [5, 5.41) is 1.03. The van der Waals surface area contributed by atoms with Crippen LogP contribution in [0.15, 0.2) is 47.7 Å². The second-order valence-corrected chi connectivity index (χ2v) is 8.32. The van der Waals surface area contributed by atoms with Crippen molar-refractivity contribution in [3.63, 3.8) is 0 Å². The SMILES string of the molecule is CC(=O)N1CCN(c2ccc3ncn(CC(=O)CCc4ccc(Cl)cn4)c(=O)c3c2)CC1. The van der Waals surface area contributed by atoms with Gasteiger partial charge in [-0.15, -0.1) is 0 Å². The minimum atomic E-state index is -0.239. The van der Waals surface area contributed by atoms with Crippen molar-refractivity contribution in [2.24, 2.45) is 0 Å². The van der Waals surface area contributed by atoms with Crippen molar-refractivity contribution in [2.45, 2.75) is 26.3 Å². The Morgan fingerprint density at radius 1 is 1.06 bits per heavy atom. The molecule has 1 aromatic carbocycles. The second kappa shape index (κ2) is 9.48. The number of pyridine rings is 1. The van der Waals surface area contributed by atoms with E-state index in [4.69, 9.17) is 11.6 Å². The molecule has 166 valence electrons.